The van der Waals surface area contributed by atoms with Gasteiger partial charge in [0.15, 0.2) is 0 Å². The molecule has 1 aliphatic carbocycles. The molecule has 0 aromatic carbocycles. The van der Waals surface area contributed by atoms with Crippen LogP contribution in [0.5, 0.6) is 0 Å². The Morgan fingerprint density at radius 1 is 0.800 bits per heavy atom. The minimum absolute atomic E-state index is 0.0237. The van der Waals surface area contributed by atoms with Gasteiger partial charge < -0.3 is 17.2 Å². The van der Waals surface area contributed by atoms with Crippen LogP contribution in [0, 0.1) is 0 Å². The van der Waals surface area contributed by atoms with Gasteiger partial charge in [0.2, 0.25) is 0 Å². The molecule has 1 aliphatic rings. The summed E-state index contributed by atoms with van der Waals surface area (Å²) in [5, 5.41) is 0. The van der Waals surface area contributed by atoms with Crippen molar-refractivity contribution in [1.29, 1.82) is 0 Å². The summed E-state index contributed by atoms with van der Waals surface area (Å²) in [7, 11) is 0. The molecule has 0 aromatic heterocycles. The highest BCUT2D eigenvalue weighted by Crippen LogP contribution is 2.16. The van der Waals surface area contributed by atoms with Gasteiger partial charge in [-0.25, -0.2) is 0 Å². The number of hydrogen-bond donors (Lipinski definition) is 3. The zero-order chi connectivity index (χ0) is 11.1. The molecule has 0 aliphatic heterocycles. The maximum absolute atomic E-state index is 5.99. The highest BCUT2D eigenvalue weighted by molar-refractivity contribution is 5.13. The second kappa shape index (κ2) is 6.72. The number of hydrogen-bond acceptors (Lipinski definition) is 3. The Labute approximate surface area is 93.1 Å². The molecule has 1 rings (SSSR count). The van der Waals surface area contributed by atoms with Crippen molar-refractivity contribution in [2.24, 2.45) is 17.2 Å². The first kappa shape index (κ1) is 12.4. The van der Waals surface area contributed by atoms with Gasteiger partial charge in [0.05, 0.1) is 0 Å². The van der Waals surface area contributed by atoms with E-state index < -0.39 is 0 Å². The van der Waals surface area contributed by atoms with Crippen molar-refractivity contribution in [3.63, 3.8) is 0 Å². The Morgan fingerprint density at radius 2 is 1.33 bits per heavy atom. The third kappa shape index (κ3) is 4.56. The van der Waals surface area contributed by atoms with Gasteiger partial charge in [-0.3, -0.25) is 0 Å². The Bertz CT molecular complexity index is 211. The van der Waals surface area contributed by atoms with E-state index in [1.165, 1.54) is 38.5 Å². The summed E-state index contributed by atoms with van der Waals surface area (Å²) in [6, 6.07) is -0.0237. The van der Waals surface area contributed by atoms with Gasteiger partial charge in [0.1, 0.15) is 0 Å². The fourth-order valence-electron chi connectivity index (χ4n) is 2.10. The maximum atomic E-state index is 5.99. The standard InChI is InChI=1S/C12H25N3/c13-10-8-6-4-2-1-3-5-7-9-11(14)12(10)15/h10H,1-9,13-15H2. The summed E-state index contributed by atoms with van der Waals surface area (Å²) in [4.78, 5) is 0. The molecule has 1 unspecified atom stereocenters. The van der Waals surface area contributed by atoms with Crippen LogP contribution in [0.1, 0.15) is 57.8 Å². The number of allylic oxidation sites excluding steroid dienone is 1. The van der Waals surface area contributed by atoms with Crippen LogP contribution < -0.4 is 17.2 Å². The van der Waals surface area contributed by atoms with E-state index in [-0.39, 0.29) is 6.04 Å². The van der Waals surface area contributed by atoms with Gasteiger partial charge in [0.25, 0.3) is 0 Å². The molecule has 0 saturated carbocycles. The fraction of sp³-hybridized carbons (Fsp3) is 0.833. The Hall–Kier alpha value is -0.700. The molecule has 0 amide bonds. The van der Waals surface area contributed by atoms with Crippen LogP contribution in [-0.4, -0.2) is 6.04 Å². The lowest BCUT2D eigenvalue weighted by Gasteiger charge is -2.16. The molecule has 0 saturated heterocycles. The zero-order valence-corrected chi connectivity index (χ0v) is 9.67. The summed E-state index contributed by atoms with van der Waals surface area (Å²) < 4.78 is 0. The molecule has 15 heavy (non-hydrogen) atoms. The first-order chi connectivity index (χ1) is 7.22. The molecule has 88 valence electrons. The lowest BCUT2D eigenvalue weighted by Crippen LogP contribution is -2.30. The summed E-state index contributed by atoms with van der Waals surface area (Å²) in [6.07, 6.45) is 10.8. The van der Waals surface area contributed by atoms with E-state index in [1.807, 2.05) is 0 Å². The molecule has 0 bridgehead atoms. The second-order valence-corrected chi connectivity index (χ2v) is 4.60. The Kier molecular flexibility index (Phi) is 5.54. The van der Waals surface area contributed by atoms with Crippen LogP contribution >= 0.6 is 0 Å². The van der Waals surface area contributed by atoms with Gasteiger partial charge in [-0.1, -0.05) is 38.5 Å². The minimum Gasteiger partial charge on any atom is -0.401 e. The van der Waals surface area contributed by atoms with Gasteiger partial charge in [-0.2, -0.15) is 0 Å². The lowest BCUT2D eigenvalue weighted by atomic mass is 9.99. The van der Waals surface area contributed by atoms with Crippen LogP contribution in [0.2, 0.25) is 0 Å². The average Bonchev–Trinajstić information content (AvgIpc) is 2.23. The third-order valence-electron chi connectivity index (χ3n) is 3.23. The van der Waals surface area contributed by atoms with E-state index in [0.717, 1.165) is 30.7 Å². The van der Waals surface area contributed by atoms with E-state index in [2.05, 4.69) is 0 Å². The molecule has 0 spiro atoms. The van der Waals surface area contributed by atoms with Gasteiger partial charge in [0, 0.05) is 17.4 Å². The number of nitrogens with two attached hydrogens (primary N) is 3. The topological polar surface area (TPSA) is 78.1 Å². The van der Waals surface area contributed by atoms with Crippen molar-refractivity contribution in [3.05, 3.63) is 11.4 Å². The first-order valence-corrected chi connectivity index (χ1v) is 6.21. The predicted octanol–water partition coefficient (Wildman–Crippen LogP) is 1.97. The molecular weight excluding hydrogens is 186 g/mol. The van der Waals surface area contributed by atoms with Crippen molar-refractivity contribution in [3.8, 4) is 0 Å². The van der Waals surface area contributed by atoms with E-state index in [0.29, 0.717) is 0 Å². The normalized spacial score (nSPS) is 26.9. The lowest BCUT2D eigenvalue weighted by molar-refractivity contribution is 0.534. The molecule has 0 radical (unpaired) electrons. The van der Waals surface area contributed by atoms with E-state index >= 15 is 0 Å². The van der Waals surface area contributed by atoms with Crippen LogP contribution in [0.4, 0.5) is 0 Å². The number of rotatable bonds is 0. The van der Waals surface area contributed by atoms with Crippen molar-refractivity contribution < 1.29 is 0 Å². The summed E-state index contributed by atoms with van der Waals surface area (Å²) in [5.74, 6) is 0. The molecule has 1 atom stereocenters. The summed E-state index contributed by atoms with van der Waals surface area (Å²) >= 11 is 0. The van der Waals surface area contributed by atoms with Crippen LogP contribution in [0.3, 0.4) is 0 Å². The fourth-order valence-corrected chi connectivity index (χ4v) is 2.10. The van der Waals surface area contributed by atoms with Crippen LogP contribution in [0.15, 0.2) is 11.4 Å². The highest BCUT2D eigenvalue weighted by Gasteiger charge is 2.10. The average molecular weight is 211 g/mol. The van der Waals surface area contributed by atoms with Crippen molar-refractivity contribution >= 4 is 0 Å². The largest absolute Gasteiger partial charge is 0.401 e. The summed E-state index contributed by atoms with van der Waals surface area (Å²) in [5.41, 5.74) is 19.4. The van der Waals surface area contributed by atoms with Crippen molar-refractivity contribution in [2.45, 2.75) is 63.8 Å². The monoisotopic (exact) mass is 211 g/mol. The van der Waals surface area contributed by atoms with Crippen LogP contribution in [-0.2, 0) is 0 Å². The maximum Gasteiger partial charge on any atom is 0.0460 e. The minimum atomic E-state index is -0.0237. The third-order valence-corrected chi connectivity index (χ3v) is 3.23. The second-order valence-electron chi connectivity index (χ2n) is 4.60. The Morgan fingerprint density at radius 3 is 2.00 bits per heavy atom. The van der Waals surface area contributed by atoms with E-state index in [9.17, 15) is 0 Å². The van der Waals surface area contributed by atoms with Gasteiger partial charge in [-0.15, -0.1) is 0 Å². The van der Waals surface area contributed by atoms with Crippen LogP contribution in [0.25, 0.3) is 0 Å². The summed E-state index contributed by atoms with van der Waals surface area (Å²) in [6.45, 7) is 0. The first-order valence-electron chi connectivity index (χ1n) is 6.21. The van der Waals surface area contributed by atoms with Gasteiger partial charge >= 0.3 is 0 Å². The molecule has 0 heterocycles. The highest BCUT2D eigenvalue weighted by atomic mass is 14.8. The van der Waals surface area contributed by atoms with Gasteiger partial charge in [-0.05, 0) is 19.3 Å². The van der Waals surface area contributed by atoms with Crippen molar-refractivity contribution in [1.82, 2.24) is 0 Å². The molecule has 6 N–H and O–H groups in total. The predicted molar refractivity (Wildman–Crippen MR) is 64.9 cm³/mol. The molecule has 3 heteroatoms. The Balaban J connectivity index is 2.52. The molecular formula is C12H25N3. The zero-order valence-electron chi connectivity index (χ0n) is 9.67. The SMILES string of the molecule is NC1=C(N)C(N)CCCCCCCCC1. The van der Waals surface area contributed by atoms with E-state index in [4.69, 9.17) is 17.2 Å². The molecule has 3 nitrogen and oxygen atoms in total. The molecule has 0 fully saturated rings. The quantitative estimate of drug-likeness (QED) is 0.573. The molecule has 0 aromatic rings. The van der Waals surface area contributed by atoms with Crippen molar-refractivity contribution in [2.75, 3.05) is 0 Å². The van der Waals surface area contributed by atoms with E-state index in [1.54, 1.807) is 0 Å². The smallest absolute Gasteiger partial charge is 0.0460 e.